The second-order valence-corrected chi connectivity index (χ2v) is 5.88. The van der Waals surface area contributed by atoms with Gasteiger partial charge in [-0.3, -0.25) is 9.78 Å². The van der Waals surface area contributed by atoms with Crippen molar-refractivity contribution in [2.24, 2.45) is 0 Å². The van der Waals surface area contributed by atoms with Gasteiger partial charge in [-0.2, -0.15) is 0 Å². The molecule has 0 radical (unpaired) electrons. The number of nitrogens with zero attached hydrogens (tertiary/aromatic N) is 2. The van der Waals surface area contributed by atoms with Crippen molar-refractivity contribution in [3.05, 3.63) is 64.6 Å². The smallest absolute Gasteiger partial charge is 0.289 e. The van der Waals surface area contributed by atoms with Crippen molar-refractivity contribution in [1.82, 2.24) is 9.88 Å². The van der Waals surface area contributed by atoms with Crippen LogP contribution < -0.4 is 0 Å². The van der Waals surface area contributed by atoms with Gasteiger partial charge in [0.15, 0.2) is 11.3 Å². The number of hydrogen-bond donors (Lipinski definition) is 0. The van der Waals surface area contributed by atoms with E-state index in [2.05, 4.69) is 4.98 Å². The van der Waals surface area contributed by atoms with Crippen LogP contribution in [0.15, 0.2) is 47.0 Å². The third-order valence-corrected chi connectivity index (χ3v) is 4.18. The highest BCUT2D eigenvalue weighted by Crippen LogP contribution is 2.31. The van der Waals surface area contributed by atoms with Crippen LogP contribution in [0.2, 0.25) is 5.02 Å². The van der Waals surface area contributed by atoms with Crippen LogP contribution in [0.5, 0.6) is 0 Å². The van der Waals surface area contributed by atoms with Gasteiger partial charge in [-0.15, -0.1) is 0 Å². The van der Waals surface area contributed by atoms with Gasteiger partial charge >= 0.3 is 0 Å². The molecule has 0 aliphatic heterocycles. The largest absolute Gasteiger partial charge is 0.449 e. The highest BCUT2D eigenvalue weighted by Gasteiger charge is 2.21. The van der Waals surface area contributed by atoms with E-state index in [0.717, 1.165) is 16.6 Å². The second kappa shape index (κ2) is 6.42. The summed E-state index contributed by atoms with van der Waals surface area (Å²) in [7, 11) is 1.76. The maximum absolute atomic E-state index is 12.6. The SMILES string of the molecule is Cc1c(C(=O)N(C)CCc2ccccn2)oc2c(Cl)cccc12. The third kappa shape index (κ3) is 3.08. The van der Waals surface area contributed by atoms with Crippen LogP contribution in [0.1, 0.15) is 21.8 Å². The predicted molar refractivity (Wildman–Crippen MR) is 90.9 cm³/mol. The summed E-state index contributed by atoms with van der Waals surface area (Å²) in [5, 5.41) is 1.39. The van der Waals surface area contributed by atoms with Crippen molar-refractivity contribution in [3.8, 4) is 0 Å². The Hall–Kier alpha value is -2.33. The van der Waals surface area contributed by atoms with Gasteiger partial charge in [0.05, 0.1) is 5.02 Å². The van der Waals surface area contributed by atoms with E-state index >= 15 is 0 Å². The number of likely N-dealkylation sites (N-methyl/N-ethyl adjacent to an activating group) is 1. The number of benzene rings is 1. The molecule has 0 saturated heterocycles. The first-order valence-corrected chi connectivity index (χ1v) is 7.78. The minimum absolute atomic E-state index is 0.148. The zero-order chi connectivity index (χ0) is 16.4. The van der Waals surface area contributed by atoms with Crippen molar-refractivity contribution in [2.75, 3.05) is 13.6 Å². The van der Waals surface area contributed by atoms with Crippen molar-refractivity contribution >= 4 is 28.5 Å². The van der Waals surface area contributed by atoms with E-state index in [1.54, 1.807) is 24.2 Å². The number of carbonyl (C=O) groups is 1. The molecule has 0 aliphatic rings. The molecule has 3 rings (SSSR count). The molecule has 0 saturated carbocycles. The first-order valence-electron chi connectivity index (χ1n) is 7.41. The molecule has 118 valence electrons. The minimum Gasteiger partial charge on any atom is -0.449 e. The lowest BCUT2D eigenvalue weighted by Crippen LogP contribution is -2.29. The molecule has 0 N–H and O–H groups in total. The van der Waals surface area contributed by atoms with E-state index in [4.69, 9.17) is 16.0 Å². The van der Waals surface area contributed by atoms with Gasteiger partial charge in [-0.05, 0) is 25.1 Å². The molecule has 5 heteroatoms. The Morgan fingerprint density at radius 2 is 2.09 bits per heavy atom. The van der Waals surface area contributed by atoms with Gasteiger partial charge in [0.2, 0.25) is 0 Å². The average Bonchev–Trinajstić information content (AvgIpc) is 2.91. The Morgan fingerprint density at radius 1 is 1.26 bits per heavy atom. The molecular weight excluding hydrogens is 312 g/mol. The van der Waals surface area contributed by atoms with Crippen molar-refractivity contribution < 1.29 is 9.21 Å². The number of carbonyl (C=O) groups excluding carboxylic acids is 1. The number of aromatic nitrogens is 1. The molecule has 3 aromatic rings. The number of fused-ring (bicyclic) bond motifs is 1. The van der Waals surface area contributed by atoms with Gasteiger partial charge in [0, 0.05) is 42.9 Å². The first kappa shape index (κ1) is 15.6. The molecule has 0 atom stereocenters. The maximum atomic E-state index is 12.6. The molecule has 23 heavy (non-hydrogen) atoms. The molecule has 2 aromatic heterocycles. The van der Waals surface area contributed by atoms with Crippen LogP contribution in [0.3, 0.4) is 0 Å². The molecule has 0 unspecified atom stereocenters. The number of amides is 1. The third-order valence-electron chi connectivity index (χ3n) is 3.89. The Morgan fingerprint density at radius 3 is 2.78 bits per heavy atom. The highest BCUT2D eigenvalue weighted by atomic mass is 35.5. The number of hydrogen-bond acceptors (Lipinski definition) is 3. The highest BCUT2D eigenvalue weighted by molar-refractivity contribution is 6.35. The van der Waals surface area contributed by atoms with E-state index in [-0.39, 0.29) is 5.91 Å². The molecule has 1 aromatic carbocycles. The van der Waals surface area contributed by atoms with Gasteiger partial charge in [-0.1, -0.05) is 29.8 Å². The minimum atomic E-state index is -0.148. The topological polar surface area (TPSA) is 46.3 Å². The van der Waals surface area contributed by atoms with Crippen LogP contribution in [0, 0.1) is 6.92 Å². The molecule has 0 aliphatic carbocycles. The van der Waals surface area contributed by atoms with Crippen molar-refractivity contribution in [2.45, 2.75) is 13.3 Å². The lowest BCUT2D eigenvalue weighted by molar-refractivity contribution is 0.0766. The van der Waals surface area contributed by atoms with Crippen LogP contribution in [0.25, 0.3) is 11.0 Å². The summed E-state index contributed by atoms with van der Waals surface area (Å²) >= 11 is 6.14. The Labute approximate surface area is 139 Å². The van der Waals surface area contributed by atoms with E-state index in [9.17, 15) is 4.79 Å². The van der Waals surface area contributed by atoms with E-state index in [1.807, 2.05) is 37.3 Å². The maximum Gasteiger partial charge on any atom is 0.289 e. The van der Waals surface area contributed by atoms with Gasteiger partial charge < -0.3 is 9.32 Å². The Kier molecular flexibility index (Phi) is 4.35. The summed E-state index contributed by atoms with van der Waals surface area (Å²) in [5.74, 6) is 0.197. The second-order valence-electron chi connectivity index (χ2n) is 5.47. The Balaban J connectivity index is 1.80. The molecule has 2 heterocycles. The van der Waals surface area contributed by atoms with E-state index in [1.165, 1.54) is 0 Å². The fourth-order valence-corrected chi connectivity index (χ4v) is 2.73. The quantitative estimate of drug-likeness (QED) is 0.724. The number of aryl methyl sites for hydroxylation is 1. The summed E-state index contributed by atoms with van der Waals surface area (Å²) in [6, 6.07) is 11.3. The summed E-state index contributed by atoms with van der Waals surface area (Å²) in [6.07, 6.45) is 2.45. The summed E-state index contributed by atoms with van der Waals surface area (Å²) in [6.45, 7) is 2.45. The van der Waals surface area contributed by atoms with Gasteiger partial charge in [0.1, 0.15) is 0 Å². The predicted octanol–water partition coefficient (Wildman–Crippen LogP) is 4.10. The number of halogens is 1. The zero-order valence-corrected chi connectivity index (χ0v) is 13.8. The summed E-state index contributed by atoms with van der Waals surface area (Å²) in [4.78, 5) is 18.6. The normalized spacial score (nSPS) is 10.9. The molecule has 1 amide bonds. The lowest BCUT2D eigenvalue weighted by atomic mass is 10.1. The molecule has 0 spiro atoms. The lowest BCUT2D eigenvalue weighted by Gasteiger charge is -2.15. The Bertz CT molecular complexity index is 843. The zero-order valence-electron chi connectivity index (χ0n) is 13.0. The van der Waals surface area contributed by atoms with Gasteiger partial charge in [0.25, 0.3) is 5.91 Å². The summed E-state index contributed by atoms with van der Waals surface area (Å²) < 4.78 is 5.73. The molecule has 4 nitrogen and oxygen atoms in total. The average molecular weight is 329 g/mol. The fourth-order valence-electron chi connectivity index (χ4n) is 2.52. The molecule has 0 bridgehead atoms. The van der Waals surface area contributed by atoms with E-state index in [0.29, 0.717) is 29.3 Å². The van der Waals surface area contributed by atoms with Crippen molar-refractivity contribution in [1.29, 1.82) is 0 Å². The molecule has 0 fully saturated rings. The van der Waals surface area contributed by atoms with Crippen molar-refractivity contribution in [3.63, 3.8) is 0 Å². The molecular formula is C18H17ClN2O2. The van der Waals surface area contributed by atoms with E-state index < -0.39 is 0 Å². The van der Waals surface area contributed by atoms with Crippen LogP contribution in [0.4, 0.5) is 0 Å². The summed E-state index contributed by atoms with van der Waals surface area (Å²) in [5.41, 5.74) is 2.34. The van der Waals surface area contributed by atoms with Crippen LogP contribution >= 0.6 is 11.6 Å². The van der Waals surface area contributed by atoms with Crippen LogP contribution in [-0.4, -0.2) is 29.4 Å². The number of para-hydroxylation sites is 1. The number of rotatable bonds is 4. The number of furan rings is 1. The monoisotopic (exact) mass is 328 g/mol. The van der Waals surface area contributed by atoms with Crippen LogP contribution in [-0.2, 0) is 6.42 Å². The number of pyridine rings is 1. The fraction of sp³-hybridized carbons (Fsp3) is 0.222. The standard InChI is InChI=1S/C18H17ClN2O2/c1-12-14-7-5-8-15(19)17(14)23-16(12)18(22)21(2)11-9-13-6-3-4-10-20-13/h3-8,10H,9,11H2,1-2H3. The van der Waals surface area contributed by atoms with Gasteiger partial charge in [-0.25, -0.2) is 0 Å². The first-order chi connectivity index (χ1) is 11.1.